The second-order valence-electron chi connectivity index (χ2n) is 14.0. The molecule has 2 aliphatic rings. The molecule has 0 N–H and O–H groups in total. The number of pyridine rings is 1. The van der Waals surface area contributed by atoms with E-state index in [1.54, 1.807) is 0 Å². The summed E-state index contributed by atoms with van der Waals surface area (Å²) in [4.78, 5) is 17.6. The molecule has 3 heterocycles. The first-order valence-corrected chi connectivity index (χ1v) is 18.2. The van der Waals surface area contributed by atoms with Crippen LogP contribution in [0.5, 0.6) is 0 Å². The van der Waals surface area contributed by atoms with Crippen LogP contribution in [-0.4, -0.2) is 4.57 Å². The molecule has 0 fully saturated rings. The van der Waals surface area contributed by atoms with Crippen molar-refractivity contribution >= 4 is 38.7 Å². The van der Waals surface area contributed by atoms with E-state index in [2.05, 4.69) is 181 Å². The van der Waals surface area contributed by atoms with Crippen molar-refractivity contribution in [3.05, 3.63) is 227 Å². The molecule has 3 heteroatoms. The summed E-state index contributed by atoms with van der Waals surface area (Å²) >= 11 is 0. The number of aromatic nitrogens is 1. The lowest BCUT2D eigenvalue weighted by Crippen LogP contribution is -2.42. The molecule has 0 unspecified atom stereocenters. The molecule has 248 valence electrons. The van der Waals surface area contributed by atoms with E-state index in [9.17, 15) is 0 Å². The van der Waals surface area contributed by atoms with Crippen molar-refractivity contribution in [1.29, 1.82) is 0 Å². The SMILES string of the molecule is O=c1c2c(-c3ccccc3)cccc2c2cccc3c2n1-c1ccccc1C31c2ccccc2N(c2ccc(-c3ccccc3)cc2)c2ccccc21. The third-order valence-electron chi connectivity index (χ3n) is 11.4. The topological polar surface area (TPSA) is 25.2 Å². The Morgan fingerprint density at radius 2 is 0.868 bits per heavy atom. The fraction of sp³-hybridized carbons (Fsp3) is 0.0200. The van der Waals surface area contributed by atoms with Crippen LogP contribution in [0.15, 0.2) is 199 Å². The highest BCUT2D eigenvalue weighted by molar-refractivity contribution is 6.13. The fourth-order valence-electron chi connectivity index (χ4n) is 9.28. The van der Waals surface area contributed by atoms with Crippen LogP contribution < -0.4 is 10.5 Å². The molecule has 8 aromatic carbocycles. The third-order valence-corrected chi connectivity index (χ3v) is 11.4. The zero-order valence-corrected chi connectivity index (χ0v) is 28.8. The van der Waals surface area contributed by atoms with Crippen molar-refractivity contribution in [1.82, 2.24) is 4.57 Å². The van der Waals surface area contributed by atoms with Gasteiger partial charge >= 0.3 is 0 Å². The van der Waals surface area contributed by atoms with Crippen molar-refractivity contribution < 1.29 is 0 Å². The molecule has 3 nitrogen and oxygen atoms in total. The van der Waals surface area contributed by atoms with E-state index in [4.69, 9.17) is 0 Å². The summed E-state index contributed by atoms with van der Waals surface area (Å²) in [5.74, 6) is 0. The summed E-state index contributed by atoms with van der Waals surface area (Å²) in [6.45, 7) is 0. The van der Waals surface area contributed by atoms with Gasteiger partial charge in [0.15, 0.2) is 0 Å². The number of nitrogens with zero attached hydrogens (tertiary/aromatic N) is 2. The molecule has 53 heavy (non-hydrogen) atoms. The maximum absolute atomic E-state index is 15.2. The van der Waals surface area contributed by atoms with Crippen molar-refractivity contribution in [2.24, 2.45) is 0 Å². The van der Waals surface area contributed by atoms with E-state index in [1.807, 2.05) is 22.8 Å². The molecule has 2 aliphatic heterocycles. The molecule has 0 amide bonds. The average Bonchev–Trinajstić information content (AvgIpc) is 3.23. The average molecular weight is 677 g/mol. The zero-order valence-electron chi connectivity index (χ0n) is 28.8. The summed E-state index contributed by atoms with van der Waals surface area (Å²) in [7, 11) is 0. The Hall–Kier alpha value is -6.97. The molecular weight excluding hydrogens is 645 g/mol. The highest BCUT2D eigenvalue weighted by Gasteiger charge is 2.50. The number of para-hydroxylation sites is 4. The molecule has 0 saturated heterocycles. The molecular formula is C50H32N2O. The van der Waals surface area contributed by atoms with Crippen molar-refractivity contribution in [2.45, 2.75) is 5.41 Å². The van der Waals surface area contributed by atoms with Gasteiger partial charge in [-0.05, 0) is 80.2 Å². The van der Waals surface area contributed by atoms with Crippen LogP contribution >= 0.6 is 0 Å². The van der Waals surface area contributed by atoms with Gasteiger partial charge in [0.2, 0.25) is 0 Å². The lowest BCUT2D eigenvalue weighted by Gasteiger charge is -2.49. The third kappa shape index (κ3) is 4.02. The normalized spacial score (nSPS) is 13.5. The van der Waals surface area contributed by atoms with Gasteiger partial charge in [-0.3, -0.25) is 9.36 Å². The summed E-state index contributed by atoms with van der Waals surface area (Å²) in [6, 6.07) is 68.8. The van der Waals surface area contributed by atoms with Crippen molar-refractivity contribution in [2.75, 3.05) is 4.90 Å². The van der Waals surface area contributed by atoms with E-state index in [-0.39, 0.29) is 5.56 Å². The van der Waals surface area contributed by atoms with Gasteiger partial charge in [0.1, 0.15) is 0 Å². The Morgan fingerprint density at radius 1 is 0.377 bits per heavy atom. The second kappa shape index (κ2) is 11.3. The standard InChI is InChI=1S/C50H32N2O/c53-49-47-37(35-17-5-2-6-18-35)19-13-20-38(47)39-21-14-25-43-48(39)52(49)46-28-12-9-24-42(46)50(43)40-22-7-10-26-44(40)51(45-27-11-8-23-41(45)50)36-31-29-34(30-32-36)33-15-3-1-4-16-33/h1-32H. The first kappa shape index (κ1) is 29.7. The lowest BCUT2D eigenvalue weighted by molar-refractivity contribution is 0.709. The van der Waals surface area contributed by atoms with Gasteiger partial charge in [0.05, 0.1) is 33.4 Å². The van der Waals surface area contributed by atoms with Gasteiger partial charge in [0.25, 0.3) is 5.56 Å². The van der Waals surface area contributed by atoms with Crippen LogP contribution in [0.1, 0.15) is 22.3 Å². The number of benzene rings is 8. The number of anilines is 3. The maximum Gasteiger partial charge on any atom is 0.264 e. The Balaban J connectivity index is 1.24. The molecule has 11 rings (SSSR count). The minimum absolute atomic E-state index is 0.000727. The zero-order chi connectivity index (χ0) is 35.1. The Bertz CT molecular complexity index is 2920. The van der Waals surface area contributed by atoms with E-state index in [1.165, 1.54) is 22.3 Å². The first-order valence-electron chi connectivity index (χ1n) is 18.2. The fourth-order valence-corrected chi connectivity index (χ4v) is 9.28. The molecule has 0 saturated carbocycles. The van der Waals surface area contributed by atoms with Crippen LogP contribution in [0, 0.1) is 0 Å². The van der Waals surface area contributed by atoms with Gasteiger partial charge in [-0.2, -0.15) is 0 Å². The molecule has 1 aromatic heterocycles. The first-order chi connectivity index (χ1) is 26.2. The summed E-state index contributed by atoms with van der Waals surface area (Å²) in [6.07, 6.45) is 0. The monoisotopic (exact) mass is 676 g/mol. The van der Waals surface area contributed by atoms with Crippen LogP contribution in [0.3, 0.4) is 0 Å². The Labute approximate surface area is 307 Å². The predicted octanol–water partition coefficient (Wildman–Crippen LogP) is 12.0. The molecule has 0 radical (unpaired) electrons. The molecule has 0 atom stereocenters. The highest BCUT2D eigenvalue weighted by Crippen LogP contribution is 2.61. The minimum atomic E-state index is -0.694. The van der Waals surface area contributed by atoms with E-state index < -0.39 is 5.41 Å². The van der Waals surface area contributed by atoms with Gasteiger partial charge in [-0.25, -0.2) is 0 Å². The smallest absolute Gasteiger partial charge is 0.264 e. The van der Waals surface area contributed by atoms with Crippen molar-refractivity contribution in [3.8, 4) is 27.9 Å². The van der Waals surface area contributed by atoms with E-state index in [0.29, 0.717) is 0 Å². The largest absolute Gasteiger partial charge is 0.310 e. The van der Waals surface area contributed by atoms with E-state index >= 15 is 4.79 Å². The maximum atomic E-state index is 15.2. The van der Waals surface area contributed by atoms with Gasteiger partial charge in [-0.15, -0.1) is 0 Å². The van der Waals surface area contributed by atoms with Gasteiger partial charge in [-0.1, -0.05) is 164 Å². The van der Waals surface area contributed by atoms with Gasteiger partial charge in [0, 0.05) is 11.1 Å². The van der Waals surface area contributed by atoms with Crippen LogP contribution in [-0.2, 0) is 5.41 Å². The minimum Gasteiger partial charge on any atom is -0.310 e. The van der Waals surface area contributed by atoms with E-state index in [0.717, 1.165) is 66.7 Å². The predicted molar refractivity (Wildman–Crippen MR) is 218 cm³/mol. The van der Waals surface area contributed by atoms with Crippen LogP contribution in [0.2, 0.25) is 0 Å². The Kier molecular flexibility index (Phi) is 6.32. The molecule has 9 aromatic rings. The number of fused-ring (bicyclic) bond motifs is 10. The summed E-state index contributed by atoms with van der Waals surface area (Å²) < 4.78 is 2.00. The quantitative estimate of drug-likeness (QED) is 0.174. The number of hydrogen-bond donors (Lipinski definition) is 0. The number of hydrogen-bond acceptors (Lipinski definition) is 2. The summed E-state index contributed by atoms with van der Waals surface area (Å²) in [5.41, 5.74) is 13.4. The lowest BCUT2D eigenvalue weighted by atomic mass is 9.60. The van der Waals surface area contributed by atoms with Crippen LogP contribution in [0.25, 0.3) is 49.6 Å². The second-order valence-corrected chi connectivity index (χ2v) is 14.0. The van der Waals surface area contributed by atoms with Crippen LogP contribution in [0.4, 0.5) is 17.1 Å². The molecule has 0 aliphatic carbocycles. The number of rotatable bonds is 3. The molecule has 0 bridgehead atoms. The Morgan fingerprint density at radius 3 is 1.53 bits per heavy atom. The highest BCUT2D eigenvalue weighted by atomic mass is 16.1. The summed E-state index contributed by atoms with van der Waals surface area (Å²) in [5, 5.41) is 2.78. The van der Waals surface area contributed by atoms with Gasteiger partial charge < -0.3 is 4.90 Å². The molecule has 1 spiro atoms. The van der Waals surface area contributed by atoms with Crippen molar-refractivity contribution in [3.63, 3.8) is 0 Å².